The van der Waals surface area contributed by atoms with Crippen molar-refractivity contribution in [2.24, 2.45) is 5.92 Å². The second-order valence-electron chi connectivity index (χ2n) is 5.29. The maximum atomic E-state index is 5.28. The second-order valence-corrected chi connectivity index (χ2v) is 5.29. The number of benzene rings is 1. The molecule has 0 aromatic heterocycles. The smallest absolute Gasteiger partial charge is 0.0618 e. The summed E-state index contributed by atoms with van der Waals surface area (Å²) in [5, 5.41) is 3.65. The summed E-state index contributed by atoms with van der Waals surface area (Å²) in [5.74, 6) is 0.572. The van der Waals surface area contributed by atoms with Gasteiger partial charge in [0.05, 0.1) is 6.61 Å². The molecule has 1 aromatic rings. The molecule has 0 spiro atoms. The number of methoxy groups -OCH3 is 1. The van der Waals surface area contributed by atoms with Crippen molar-refractivity contribution in [2.45, 2.75) is 46.2 Å². The van der Waals surface area contributed by atoms with E-state index < -0.39 is 0 Å². The third kappa shape index (κ3) is 4.43. The number of hydrogen-bond donors (Lipinski definition) is 1. The normalized spacial score (nSPS) is 14.8. The van der Waals surface area contributed by atoms with Crippen molar-refractivity contribution < 1.29 is 4.74 Å². The fraction of sp³-hybridized carbons (Fsp3) is 0.625. The highest BCUT2D eigenvalue weighted by molar-refractivity contribution is 5.24. The number of ether oxygens (including phenoxy) is 1. The van der Waals surface area contributed by atoms with E-state index >= 15 is 0 Å². The van der Waals surface area contributed by atoms with Crippen LogP contribution in [0.5, 0.6) is 0 Å². The van der Waals surface area contributed by atoms with Gasteiger partial charge in [-0.05, 0) is 30.4 Å². The van der Waals surface area contributed by atoms with Crippen molar-refractivity contribution in [1.29, 1.82) is 0 Å². The van der Waals surface area contributed by atoms with Gasteiger partial charge in [-0.15, -0.1) is 0 Å². The lowest BCUT2D eigenvalue weighted by Crippen LogP contribution is -2.39. The van der Waals surface area contributed by atoms with Gasteiger partial charge < -0.3 is 10.1 Å². The van der Waals surface area contributed by atoms with E-state index in [1.807, 2.05) is 0 Å². The fourth-order valence-corrected chi connectivity index (χ4v) is 2.07. The summed E-state index contributed by atoms with van der Waals surface area (Å²) in [6.45, 7) is 9.61. The molecule has 1 aromatic carbocycles. The first-order valence-electron chi connectivity index (χ1n) is 6.92. The van der Waals surface area contributed by atoms with Crippen LogP contribution in [0, 0.1) is 5.92 Å². The van der Waals surface area contributed by atoms with Crippen LogP contribution in [-0.2, 0) is 11.2 Å². The van der Waals surface area contributed by atoms with Gasteiger partial charge in [0, 0.05) is 19.2 Å². The molecule has 0 aliphatic carbocycles. The molecule has 0 saturated heterocycles. The minimum absolute atomic E-state index is 0.360. The zero-order valence-electron chi connectivity index (χ0n) is 12.4. The van der Waals surface area contributed by atoms with E-state index in [-0.39, 0.29) is 0 Å². The molecule has 0 heterocycles. The van der Waals surface area contributed by atoms with Crippen LogP contribution in [0.1, 0.15) is 44.9 Å². The first-order chi connectivity index (χ1) is 8.58. The standard InChI is InChI=1S/C16H27NO/c1-6-14-7-9-15(10-8-14)13(4)17-16(11-18-5)12(2)3/h7-10,12-13,16-17H,6,11H2,1-5H3. The van der Waals surface area contributed by atoms with Gasteiger partial charge in [-0.3, -0.25) is 0 Å². The Morgan fingerprint density at radius 1 is 1.11 bits per heavy atom. The van der Waals surface area contributed by atoms with Crippen molar-refractivity contribution >= 4 is 0 Å². The highest BCUT2D eigenvalue weighted by Crippen LogP contribution is 2.16. The summed E-state index contributed by atoms with van der Waals surface area (Å²) in [6.07, 6.45) is 1.10. The Morgan fingerprint density at radius 2 is 1.72 bits per heavy atom. The molecule has 0 fully saturated rings. The molecule has 2 unspecified atom stereocenters. The Morgan fingerprint density at radius 3 is 2.17 bits per heavy atom. The van der Waals surface area contributed by atoms with Crippen molar-refractivity contribution in [1.82, 2.24) is 5.32 Å². The van der Waals surface area contributed by atoms with Gasteiger partial charge in [-0.25, -0.2) is 0 Å². The third-order valence-corrected chi connectivity index (χ3v) is 3.50. The Bertz CT molecular complexity index is 331. The van der Waals surface area contributed by atoms with E-state index in [1.165, 1.54) is 11.1 Å². The van der Waals surface area contributed by atoms with Crippen molar-refractivity contribution in [2.75, 3.05) is 13.7 Å². The maximum absolute atomic E-state index is 5.28. The van der Waals surface area contributed by atoms with Gasteiger partial charge in [0.1, 0.15) is 0 Å². The predicted octanol–water partition coefficient (Wildman–Crippen LogP) is 3.57. The molecular weight excluding hydrogens is 222 g/mol. The minimum Gasteiger partial charge on any atom is -0.383 e. The first-order valence-corrected chi connectivity index (χ1v) is 6.92. The molecule has 2 heteroatoms. The van der Waals surface area contributed by atoms with E-state index in [4.69, 9.17) is 4.74 Å². The lowest BCUT2D eigenvalue weighted by Gasteiger charge is -2.26. The van der Waals surface area contributed by atoms with Gasteiger partial charge in [0.2, 0.25) is 0 Å². The molecule has 18 heavy (non-hydrogen) atoms. The zero-order chi connectivity index (χ0) is 13.5. The molecule has 0 radical (unpaired) electrons. The topological polar surface area (TPSA) is 21.3 Å². The van der Waals surface area contributed by atoms with Gasteiger partial charge in [-0.1, -0.05) is 45.0 Å². The zero-order valence-corrected chi connectivity index (χ0v) is 12.4. The van der Waals surface area contributed by atoms with E-state index in [9.17, 15) is 0 Å². The van der Waals surface area contributed by atoms with Crippen LogP contribution in [-0.4, -0.2) is 19.8 Å². The fourth-order valence-electron chi connectivity index (χ4n) is 2.07. The molecular formula is C16H27NO. The maximum Gasteiger partial charge on any atom is 0.0618 e. The molecule has 102 valence electrons. The molecule has 0 bridgehead atoms. The van der Waals surface area contributed by atoms with Crippen LogP contribution in [0.15, 0.2) is 24.3 Å². The van der Waals surface area contributed by atoms with Crippen LogP contribution in [0.3, 0.4) is 0 Å². The number of hydrogen-bond acceptors (Lipinski definition) is 2. The van der Waals surface area contributed by atoms with Crippen LogP contribution >= 0.6 is 0 Å². The molecule has 0 amide bonds. The van der Waals surface area contributed by atoms with Gasteiger partial charge in [-0.2, -0.15) is 0 Å². The second kappa shape index (κ2) is 7.55. The number of aryl methyl sites for hydroxylation is 1. The van der Waals surface area contributed by atoms with Crippen molar-refractivity contribution in [3.63, 3.8) is 0 Å². The van der Waals surface area contributed by atoms with E-state index in [1.54, 1.807) is 7.11 Å². The summed E-state index contributed by atoms with van der Waals surface area (Å²) >= 11 is 0. The largest absolute Gasteiger partial charge is 0.383 e. The van der Waals surface area contributed by atoms with Crippen LogP contribution in [0.25, 0.3) is 0 Å². The third-order valence-electron chi connectivity index (χ3n) is 3.50. The predicted molar refractivity (Wildman–Crippen MR) is 77.9 cm³/mol. The molecule has 0 aliphatic rings. The average Bonchev–Trinajstić information content (AvgIpc) is 2.38. The molecule has 1 N–H and O–H groups in total. The van der Waals surface area contributed by atoms with Gasteiger partial charge in [0.15, 0.2) is 0 Å². The van der Waals surface area contributed by atoms with Crippen molar-refractivity contribution in [3.8, 4) is 0 Å². The number of rotatable bonds is 7. The lowest BCUT2D eigenvalue weighted by molar-refractivity contribution is 0.141. The molecule has 0 aliphatic heterocycles. The minimum atomic E-state index is 0.360. The molecule has 1 rings (SSSR count). The van der Waals surface area contributed by atoms with Gasteiger partial charge >= 0.3 is 0 Å². The Kier molecular flexibility index (Phi) is 6.37. The quantitative estimate of drug-likeness (QED) is 0.797. The summed E-state index contributed by atoms with van der Waals surface area (Å²) in [6, 6.07) is 9.64. The van der Waals surface area contributed by atoms with Crippen LogP contribution < -0.4 is 5.32 Å². The molecule has 2 nitrogen and oxygen atoms in total. The SMILES string of the molecule is CCc1ccc(C(C)NC(COC)C(C)C)cc1. The Hall–Kier alpha value is -0.860. The lowest BCUT2D eigenvalue weighted by atomic mass is 10.0. The van der Waals surface area contributed by atoms with E-state index in [2.05, 4.69) is 57.3 Å². The highest BCUT2D eigenvalue weighted by atomic mass is 16.5. The van der Waals surface area contributed by atoms with E-state index in [0.717, 1.165) is 13.0 Å². The van der Waals surface area contributed by atoms with Gasteiger partial charge in [0.25, 0.3) is 0 Å². The Labute approximate surface area is 112 Å². The first kappa shape index (κ1) is 15.2. The molecule has 2 atom stereocenters. The summed E-state index contributed by atoms with van der Waals surface area (Å²) in [7, 11) is 1.76. The summed E-state index contributed by atoms with van der Waals surface area (Å²) < 4.78 is 5.28. The summed E-state index contributed by atoms with van der Waals surface area (Å²) in [5.41, 5.74) is 2.73. The van der Waals surface area contributed by atoms with Crippen molar-refractivity contribution in [3.05, 3.63) is 35.4 Å². The molecule has 0 saturated carbocycles. The van der Waals surface area contributed by atoms with E-state index in [0.29, 0.717) is 18.0 Å². The highest BCUT2D eigenvalue weighted by Gasteiger charge is 2.16. The Balaban J connectivity index is 2.64. The number of nitrogens with one attached hydrogen (secondary N) is 1. The monoisotopic (exact) mass is 249 g/mol. The van der Waals surface area contributed by atoms with Crippen LogP contribution in [0.4, 0.5) is 0 Å². The average molecular weight is 249 g/mol. The van der Waals surface area contributed by atoms with Crippen LogP contribution in [0.2, 0.25) is 0 Å². The summed E-state index contributed by atoms with van der Waals surface area (Å²) in [4.78, 5) is 0.